The summed E-state index contributed by atoms with van der Waals surface area (Å²) in [4.78, 5) is 24.5. The molecule has 0 saturated carbocycles. The largest absolute Gasteiger partial charge is 0.466 e. The third kappa shape index (κ3) is 59.7. The van der Waals surface area contributed by atoms with Gasteiger partial charge in [-0.05, 0) is 32.1 Å². The van der Waals surface area contributed by atoms with E-state index < -0.39 is 12.1 Å². The highest BCUT2D eigenvalue weighted by molar-refractivity contribution is 5.76. The molecule has 0 fully saturated rings. The van der Waals surface area contributed by atoms with Crippen molar-refractivity contribution in [2.45, 2.75) is 392 Å². The Morgan fingerprint density at radius 3 is 0.932 bits per heavy atom. The van der Waals surface area contributed by atoms with Crippen molar-refractivity contribution < 1.29 is 24.5 Å². The number of rotatable bonds is 63. The standard InChI is InChI=1S/C67H131NO5/c1-3-5-7-9-11-13-15-16-17-18-19-20-21-22-24-27-30-33-36-40-43-47-51-55-59-65(70)64(63-69)68-66(71)60-56-52-48-44-41-37-34-31-28-25-23-26-29-32-35-38-42-46-50-54-58-62-73-67(72)61-57-53-49-45-39-14-12-10-8-6-4-2/h55,59,64-65,69-70H,3-54,56-58,60-63H2,1-2H3,(H,68,71)/b59-55+. The summed E-state index contributed by atoms with van der Waals surface area (Å²) in [7, 11) is 0. The van der Waals surface area contributed by atoms with Gasteiger partial charge >= 0.3 is 5.97 Å². The van der Waals surface area contributed by atoms with Crippen molar-refractivity contribution in [1.29, 1.82) is 0 Å². The molecule has 2 unspecified atom stereocenters. The van der Waals surface area contributed by atoms with Gasteiger partial charge in [0.2, 0.25) is 5.91 Å². The summed E-state index contributed by atoms with van der Waals surface area (Å²) in [5.74, 6) is -0.0522. The van der Waals surface area contributed by atoms with E-state index in [1.165, 1.54) is 315 Å². The monoisotopic (exact) mass is 1030 g/mol. The molecule has 0 rings (SSSR count). The average molecular weight is 1030 g/mol. The molecule has 1 amide bonds. The summed E-state index contributed by atoms with van der Waals surface area (Å²) in [5, 5.41) is 23.3. The lowest BCUT2D eigenvalue weighted by atomic mass is 10.0. The van der Waals surface area contributed by atoms with Crippen LogP contribution in [0.5, 0.6) is 0 Å². The predicted molar refractivity (Wildman–Crippen MR) is 320 cm³/mol. The Kier molecular flexibility index (Phi) is 61.9. The quantitative estimate of drug-likeness (QED) is 0.0320. The molecule has 0 heterocycles. The van der Waals surface area contributed by atoms with Gasteiger partial charge in [0.1, 0.15) is 0 Å². The number of carbonyl (C=O) groups excluding carboxylic acids is 2. The van der Waals surface area contributed by atoms with Crippen molar-refractivity contribution in [2.75, 3.05) is 13.2 Å². The highest BCUT2D eigenvalue weighted by Crippen LogP contribution is 2.19. The summed E-state index contributed by atoms with van der Waals surface area (Å²) in [6.45, 7) is 4.94. The molecule has 434 valence electrons. The number of aliphatic hydroxyl groups is 2. The number of hydrogen-bond acceptors (Lipinski definition) is 5. The molecular weight excluding hydrogens is 899 g/mol. The number of esters is 1. The van der Waals surface area contributed by atoms with Gasteiger partial charge in [-0.3, -0.25) is 9.59 Å². The molecule has 73 heavy (non-hydrogen) atoms. The molecule has 0 saturated heterocycles. The third-order valence-corrected chi connectivity index (χ3v) is 15.8. The average Bonchev–Trinajstić information content (AvgIpc) is 3.39. The molecule has 0 aliphatic rings. The lowest BCUT2D eigenvalue weighted by Crippen LogP contribution is -2.45. The molecule has 6 heteroatoms. The van der Waals surface area contributed by atoms with Crippen LogP contribution in [0.25, 0.3) is 0 Å². The highest BCUT2D eigenvalue weighted by atomic mass is 16.5. The van der Waals surface area contributed by atoms with Crippen LogP contribution in [-0.4, -0.2) is 47.4 Å². The second-order valence-electron chi connectivity index (χ2n) is 23.2. The van der Waals surface area contributed by atoms with Gasteiger partial charge in [-0.15, -0.1) is 0 Å². The van der Waals surface area contributed by atoms with Gasteiger partial charge in [0.15, 0.2) is 0 Å². The molecule has 0 aliphatic carbocycles. The van der Waals surface area contributed by atoms with Crippen molar-refractivity contribution in [1.82, 2.24) is 5.32 Å². The number of aliphatic hydroxyl groups excluding tert-OH is 2. The third-order valence-electron chi connectivity index (χ3n) is 15.8. The fourth-order valence-corrected chi connectivity index (χ4v) is 10.7. The number of carbonyl (C=O) groups is 2. The zero-order chi connectivity index (χ0) is 52.9. The van der Waals surface area contributed by atoms with Gasteiger partial charge < -0.3 is 20.3 Å². The molecule has 0 aromatic rings. The molecule has 3 N–H and O–H groups in total. The Morgan fingerprint density at radius 1 is 0.370 bits per heavy atom. The summed E-state index contributed by atoms with van der Waals surface area (Å²) in [6.07, 6.45) is 77.0. The number of ether oxygens (including phenoxy) is 1. The summed E-state index contributed by atoms with van der Waals surface area (Å²) < 4.78 is 5.47. The minimum absolute atomic E-state index is 0.0121. The minimum atomic E-state index is -0.846. The second-order valence-corrected chi connectivity index (χ2v) is 23.2. The van der Waals surface area contributed by atoms with E-state index in [4.69, 9.17) is 4.74 Å². The summed E-state index contributed by atoms with van der Waals surface area (Å²) in [6, 6.07) is -0.629. The molecule has 0 spiro atoms. The molecule has 0 aliphatic heterocycles. The van der Waals surface area contributed by atoms with Crippen LogP contribution in [0.1, 0.15) is 380 Å². The molecule has 2 atom stereocenters. The Hall–Kier alpha value is -1.40. The number of nitrogens with one attached hydrogen (secondary N) is 1. The minimum Gasteiger partial charge on any atom is -0.466 e. The van der Waals surface area contributed by atoms with E-state index in [1.807, 2.05) is 6.08 Å². The van der Waals surface area contributed by atoms with Crippen LogP contribution in [0.4, 0.5) is 0 Å². The second kappa shape index (κ2) is 63.1. The first-order valence-electron chi connectivity index (χ1n) is 33.5. The Bertz CT molecular complexity index is 1100. The van der Waals surface area contributed by atoms with Crippen molar-refractivity contribution >= 4 is 11.9 Å². The van der Waals surface area contributed by atoms with E-state index in [0.29, 0.717) is 19.4 Å². The van der Waals surface area contributed by atoms with Crippen LogP contribution in [0.15, 0.2) is 12.2 Å². The molecule has 0 aromatic heterocycles. The number of amides is 1. The first-order chi connectivity index (χ1) is 36.0. The van der Waals surface area contributed by atoms with Gasteiger partial charge in [-0.1, -0.05) is 347 Å². The molecule has 0 aromatic carbocycles. The molecule has 0 radical (unpaired) electrons. The fraction of sp³-hybridized carbons (Fsp3) is 0.940. The number of hydrogen-bond donors (Lipinski definition) is 3. The van der Waals surface area contributed by atoms with Gasteiger partial charge in [0.25, 0.3) is 0 Å². The summed E-state index contributed by atoms with van der Waals surface area (Å²) in [5.41, 5.74) is 0. The van der Waals surface area contributed by atoms with Crippen molar-refractivity contribution in [3.63, 3.8) is 0 Å². The van der Waals surface area contributed by atoms with Crippen molar-refractivity contribution in [3.8, 4) is 0 Å². The Morgan fingerprint density at radius 2 is 0.630 bits per heavy atom. The molecular formula is C67H131NO5. The van der Waals surface area contributed by atoms with Gasteiger partial charge in [-0.2, -0.15) is 0 Å². The topological polar surface area (TPSA) is 95.9 Å². The fourth-order valence-electron chi connectivity index (χ4n) is 10.7. The van der Waals surface area contributed by atoms with Crippen LogP contribution in [0.3, 0.4) is 0 Å². The van der Waals surface area contributed by atoms with E-state index in [-0.39, 0.29) is 18.5 Å². The van der Waals surface area contributed by atoms with E-state index in [9.17, 15) is 19.8 Å². The number of allylic oxidation sites excluding steroid dienone is 1. The van der Waals surface area contributed by atoms with Crippen LogP contribution in [-0.2, 0) is 14.3 Å². The smallest absolute Gasteiger partial charge is 0.305 e. The van der Waals surface area contributed by atoms with E-state index in [2.05, 4.69) is 19.2 Å². The van der Waals surface area contributed by atoms with Gasteiger partial charge in [-0.25, -0.2) is 0 Å². The summed E-state index contributed by atoms with van der Waals surface area (Å²) >= 11 is 0. The first kappa shape index (κ1) is 71.6. The van der Waals surface area contributed by atoms with Crippen LogP contribution in [0.2, 0.25) is 0 Å². The van der Waals surface area contributed by atoms with Crippen LogP contribution < -0.4 is 5.32 Å². The number of unbranched alkanes of at least 4 members (excludes halogenated alkanes) is 52. The maximum Gasteiger partial charge on any atom is 0.305 e. The lowest BCUT2D eigenvalue weighted by Gasteiger charge is -2.20. The van der Waals surface area contributed by atoms with Crippen molar-refractivity contribution in [3.05, 3.63) is 12.2 Å². The molecule has 6 nitrogen and oxygen atoms in total. The lowest BCUT2D eigenvalue weighted by molar-refractivity contribution is -0.143. The van der Waals surface area contributed by atoms with E-state index >= 15 is 0 Å². The van der Waals surface area contributed by atoms with E-state index in [0.717, 1.165) is 38.5 Å². The zero-order valence-corrected chi connectivity index (χ0v) is 49.6. The van der Waals surface area contributed by atoms with Crippen molar-refractivity contribution in [2.24, 2.45) is 0 Å². The van der Waals surface area contributed by atoms with Gasteiger partial charge in [0.05, 0.1) is 25.4 Å². The normalized spacial score (nSPS) is 12.5. The Labute approximate surface area is 457 Å². The highest BCUT2D eigenvalue weighted by Gasteiger charge is 2.18. The van der Waals surface area contributed by atoms with Crippen LogP contribution in [0, 0.1) is 0 Å². The zero-order valence-electron chi connectivity index (χ0n) is 49.6. The van der Waals surface area contributed by atoms with Crippen LogP contribution >= 0.6 is 0 Å². The van der Waals surface area contributed by atoms with Gasteiger partial charge in [0, 0.05) is 12.8 Å². The predicted octanol–water partition coefficient (Wildman–Crippen LogP) is 21.2. The maximum absolute atomic E-state index is 12.5. The Balaban J connectivity index is 3.42. The maximum atomic E-state index is 12.5. The SMILES string of the molecule is CCCCCCCCCCCCCCCCCCCCCCCC/C=C/C(O)C(CO)NC(=O)CCCCCCCCCCCCCCCCCCCCCCCOC(=O)CCCCCCCCCCCCC. The first-order valence-corrected chi connectivity index (χ1v) is 33.5. The molecule has 0 bridgehead atoms. The van der Waals surface area contributed by atoms with E-state index in [1.54, 1.807) is 6.08 Å².